The SMILES string of the molecule is O=C1C(Cc2ccc(I)cc2)Nc2c(Cc3ccccc3)nc(-c3ccc(O)cc3)c[n+]21. The molecule has 6 heteroatoms. The van der Waals surface area contributed by atoms with E-state index in [0.717, 1.165) is 28.2 Å². The van der Waals surface area contributed by atoms with Gasteiger partial charge in [0.1, 0.15) is 23.3 Å². The molecule has 0 saturated heterocycles. The van der Waals surface area contributed by atoms with Crippen LogP contribution in [0.3, 0.4) is 0 Å². The highest BCUT2D eigenvalue weighted by atomic mass is 127. The number of carbonyl (C=O) groups is 1. The Labute approximate surface area is 199 Å². The Hall–Kier alpha value is -3.26. The van der Waals surface area contributed by atoms with E-state index in [-0.39, 0.29) is 17.7 Å². The number of aromatic hydroxyl groups is 1. The van der Waals surface area contributed by atoms with Gasteiger partial charge < -0.3 is 5.11 Å². The van der Waals surface area contributed by atoms with Gasteiger partial charge in [-0.3, -0.25) is 5.32 Å². The van der Waals surface area contributed by atoms with Gasteiger partial charge in [-0.1, -0.05) is 42.5 Å². The second-order valence-corrected chi connectivity index (χ2v) is 9.11. The third-order valence-electron chi connectivity index (χ3n) is 5.60. The highest BCUT2D eigenvalue weighted by Gasteiger charge is 2.41. The van der Waals surface area contributed by atoms with Gasteiger partial charge in [-0.05, 0) is 70.1 Å². The molecule has 5 rings (SSSR count). The molecule has 0 fully saturated rings. The number of fused-ring (bicyclic) bond motifs is 1. The molecule has 1 aromatic heterocycles. The molecule has 1 atom stereocenters. The van der Waals surface area contributed by atoms with Crippen LogP contribution >= 0.6 is 22.6 Å². The van der Waals surface area contributed by atoms with E-state index in [9.17, 15) is 9.90 Å². The minimum atomic E-state index is -0.346. The van der Waals surface area contributed by atoms with E-state index in [2.05, 4.69) is 64.3 Å². The molecule has 0 spiro atoms. The third-order valence-corrected chi connectivity index (χ3v) is 6.32. The summed E-state index contributed by atoms with van der Waals surface area (Å²) in [5.41, 5.74) is 4.60. The van der Waals surface area contributed by atoms with Gasteiger partial charge in [-0.2, -0.15) is 4.57 Å². The van der Waals surface area contributed by atoms with Crippen molar-refractivity contribution in [1.82, 2.24) is 4.98 Å². The Morgan fingerprint density at radius 3 is 2.38 bits per heavy atom. The molecule has 158 valence electrons. The monoisotopic (exact) mass is 534 g/mol. The lowest BCUT2D eigenvalue weighted by atomic mass is 10.1. The number of rotatable bonds is 5. The standard InChI is InChI=1S/C26H20IN3O2/c27-20-10-6-18(7-11-20)15-23-26(32)30-16-24(19-8-12-21(31)13-9-19)28-22(25(30)29-23)14-17-4-2-1-3-5-17/h1-13,16,23,31H,14-15H2/p+1. The quantitative estimate of drug-likeness (QED) is 0.290. The van der Waals surface area contributed by atoms with E-state index < -0.39 is 0 Å². The highest BCUT2D eigenvalue weighted by Crippen LogP contribution is 2.26. The van der Waals surface area contributed by atoms with Crippen LogP contribution in [-0.2, 0) is 12.8 Å². The van der Waals surface area contributed by atoms with Crippen LogP contribution in [0, 0.1) is 3.57 Å². The van der Waals surface area contributed by atoms with Crippen LogP contribution in [0.1, 0.15) is 21.6 Å². The van der Waals surface area contributed by atoms with Crippen LogP contribution < -0.4 is 9.88 Å². The molecule has 2 heterocycles. The maximum atomic E-state index is 13.3. The van der Waals surface area contributed by atoms with Gasteiger partial charge in [-0.15, -0.1) is 0 Å². The average Bonchev–Trinajstić information content (AvgIpc) is 3.12. The minimum Gasteiger partial charge on any atom is -0.508 e. The summed E-state index contributed by atoms with van der Waals surface area (Å²) in [4.78, 5) is 18.3. The topological polar surface area (TPSA) is 66.1 Å². The fraction of sp³-hybridized carbons (Fsp3) is 0.115. The number of anilines is 1. The molecule has 4 aromatic rings. The fourth-order valence-electron chi connectivity index (χ4n) is 3.95. The molecule has 2 N–H and O–H groups in total. The van der Waals surface area contributed by atoms with Crippen LogP contribution in [-0.4, -0.2) is 22.0 Å². The van der Waals surface area contributed by atoms with E-state index in [1.165, 1.54) is 3.57 Å². The number of carbonyl (C=O) groups excluding carboxylic acids is 1. The van der Waals surface area contributed by atoms with Crippen molar-refractivity contribution >= 4 is 34.3 Å². The van der Waals surface area contributed by atoms with Crippen molar-refractivity contribution in [3.8, 4) is 17.0 Å². The van der Waals surface area contributed by atoms with Crippen molar-refractivity contribution in [2.45, 2.75) is 18.9 Å². The van der Waals surface area contributed by atoms with Crippen LogP contribution in [0.4, 0.5) is 5.82 Å². The number of phenols is 1. The fourth-order valence-corrected chi connectivity index (χ4v) is 4.31. The second-order valence-electron chi connectivity index (χ2n) is 7.87. The summed E-state index contributed by atoms with van der Waals surface area (Å²) in [6, 6.07) is 24.9. The molecule has 1 aliphatic rings. The summed E-state index contributed by atoms with van der Waals surface area (Å²) in [7, 11) is 0. The molecule has 5 nitrogen and oxygen atoms in total. The Kier molecular flexibility index (Phi) is 5.61. The van der Waals surface area contributed by atoms with Crippen LogP contribution in [0.2, 0.25) is 0 Å². The number of aromatic nitrogens is 2. The predicted molar refractivity (Wildman–Crippen MR) is 132 cm³/mol. The van der Waals surface area contributed by atoms with E-state index >= 15 is 0 Å². The Bertz CT molecular complexity index is 1270. The Balaban J connectivity index is 1.53. The zero-order valence-corrected chi connectivity index (χ0v) is 19.4. The molecule has 0 radical (unpaired) electrons. The van der Waals surface area contributed by atoms with Gasteiger partial charge in [0.15, 0.2) is 6.04 Å². The van der Waals surface area contributed by atoms with Gasteiger partial charge in [0.25, 0.3) is 0 Å². The second kappa shape index (κ2) is 8.70. The number of nitrogens with one attached hydrogen (secondary N) is 1. The van der Waals surface area contributed by atoms with Crippen molar-refractivity contribution in [1.29, 1.82) is 0 Å². The average molecular weight is 534 g/mol. The zero-order valence-electron chi connectivity index (χ0n) is 17.2. The molecule has 0 aliphatic carbocycles. The summed E-state index contributed by atoms with van der Waals surface area (Å²) in [5.74, 6) is 0.953. The molecule has 32 heavy (non-hydrogen) atoms. The predicted octanol–water partition coefficient (Wildman–Crippen LogP) is 4.61. The largest absolute Gasteiger partial charge is 0.508 e. The summed E-state index contributed by atoms with van der Waals surface area (Å²) >= 11 is 2.28. The van der Waals surface area contributed by atoms with Gasteiger partial charge in [0, 0.05) is 22.0 Å². The van der Waals surface area contributed by atoms with Crippen molar-refractivity contribution in [3.05, 3.63) is 105 Å². The Morgan fingerprint density at radius 2 is 1.66 bits per heavy atom. The van der Waals surface area contributed by atoms with E-state index in [0.29, 0.717) is 18.5 Å². The molecule has 1 unspecified atom stereocenters. The van der Waals surface area contributed by atoms with Gasteiger partial charge in [0.2, 0.25) is 0 Å². The van der Waals surface area contributed by atoms with Crippen molar-refractivity contribution in [2.75, 3.05) is 5.32 Å². The Morgan fingerprint density at radius 1 is 0.938 bits per heavy atom. The molecule has 0 amide bonds. The molecule has 0 saturated carbocycles. The lowest BCUT2D eigenvalue weighted by Gasteiger charge is -2.07. The first kappa shape index (κ1) is 20.6. The molecule has 3 aromatic carbocycles. The molecular formula is C26H21IN3O2+. The van der Waals surface area contributed by atoms with Crippen molar-refractivity contribution in [3.63, 3.8) is 0 Å². The normalized spacial score (nSPS) is 14.8. The first-order chi connectivity index (χ1) is 15.6. The third kappa shape index (κ3) is 4.23. The molecular weight excluding hydrogens is 513 g/mol. The molecule has 1 aliphatic heterocycles. The maximum absolute atomic E-state index is 13.3. The van der Waals surface area contributed by atoms with Crippen LogP contribution in [0.5, 0.6) is 5.75 Å². The number of hydrogen-bond acceptors (Lipinski definition) is 4. The summed E-state index contributed by atoms with van der Waals surface area (Å²) in [5, 5.41) is 13.1. The summed E-state index contributed by atoms with van der Waals surface area (Å²) < 4.78 is 2.87. The first-order valence-corrected chi connectivity index (χ1v) is 11.5. The first-order valence-electron chi connectivity index (χ1n) is 10.4. The summed E-state index contributed by atoms with van der Waals surface area (Å²) in [6.07, 6.45) is 3.01. The van der Waals surface area contributed by atoms with E-state index in [1.807, 2.05) is 30.3 Å². The maximum Gasteiger partial charge on any atom is 0.359 e. The van der Waals surface area contributed by atoms with Gasteiger partial charge >= 0.3 is 11.7 Å². The van der Waals surface area contributed by atoms with Crippen molar-refractivity contribution < 1.29 is 14.5 Å². The van der Waals surface area contributed by atoms with Gasteiger partial charge in [0.05, 0.1) is 0 Å². The number of halogens is 1. The van der Waals surface area contributed by atoms with E-state index in [4.69, 9.17) is 4.98 Å². The minimum absolute atomic E-state index is 0.00953. The van der Waals surface area contributed by atoms with Crippen LogP contribution in [0.25, 0.3) is 11.3 Å². The number of nitrogens with zero attached hydrogens (tertiary/aromatic N) is 2. The van der Waals surface area contributed by atoms with Crippen molar-refractivity contribution in [2.24, 2.45) is 0 Å². The highest BCUT2D eigenvalue weighted by molar-refractivity contribution is 14.1. The smallest absolute Gasteiger partial charge is 0.359 e. The van der Waals surface area contributed by atoms with E-state index in [1.54, 1.807) is 22.9 Å². The van der Waals surface area contributed by atoms with Crippen LogP contribution in [0.15, 0.2) is 85.1 Å². The number of hydrogen-bond donors (Lipinski definition) is 2. The lowest BCUT2D eigenvalue weighted by molar-refractivity contribution is -0.552. The lowest BCUT2D eigenvalue weighted by Crippen LogP contribution is -2.44. The van der Waals surface area contributed by atoms with Gasteiger partial charge in [-0.25, -0.2) is 9.78 Å². The summed E-state index contributed by atoms with van der Waals surface area (Å²) in [6.45, 7) is 0. The number of benzene rings is 3. The molecule has 0 bridgehead atoms. The zero-order chi connectivity index (χ0) is 22.1. The number of phenolic OH excluding ortho intramolecular Hbond substituents is 1.